The molecule has 0 aromatic heterocycles. The van der Waals surface area contributed by atoms with E-state index in [1.807, 2.05) is 0 Å². The van der Waals surface area contributed by atoms with Gasteiger partial charge in [-0.05, 0) is 0 Å². The van der Waals surface area contributed by atoms with Crippen LogP contribution in [0.1, 0.15) is 0 Å². The van der Waals surface area contributed by atoms with E-state index in [4.69, 9.17) is 15.2 Å². The monoisotopic (exact) mass is 135 g/mol. The van der Waals surface area contributed by atoms with Crippen molar-refractivity contribution in [3.63, 3.8) is 0 Å². The van der Waals surface area contributed by atoms with Crippen molar-refractivity contribution in [2.45, 2.75) is 5.41 Å². The standard InChI is InChI=1S/C4H13NO2Si/c1-6-4(8,3-5)7-2/h3,5H2,1-2,8H3. The Labute approximate surface area is 52.6 Å². The van der Waals surface area contributed by atoms with Crippen molar-refractivity contribution in [3.8, 4) is 0 Å². The summed E-state index contributed by atoms with van der Waals surface area (Å²) < 4.78 is 9.90. The highest BCUT2D eigenvalue weighted by Crippen LogP contribution is 2.00. The Bertz CT molecular complexity index is 56.8. The predicted octanol–water partition coefficient (Wildman–Crippen LogP) is -1.74. The molecule has 0 aromatic rings. The summed E-state index contributed by atoms with van der Waals surface area (Å²) in [5, 5.41) is 0. The van der Waals surface area contributed by atoms with Gasteiger partial charge in [0.25, 0.3) is 0 Å². The Balaban J connectivity index is 3.58. The maximum Gasteiger partial charge on any atom is 0.152 e. The molecule has 50 valence electrons. The number of hydrogen-bond acceptors (Lipinski definition) is 3. The zero-order chi connectivity index (χ0) is 6.62. The third kappa shape index (κ3) is 1.91. The maximum atomic E-state index is 5.31. The Morgan fingerprint density at radius 1 is 1.50 bits per heavy atom. The first-order chi connectivity index (χ1) is 3.68. The lowest BCUT2D eigenvalue weighted by Gasteiger charge is -2.24. The molecule has 0 fully saturated rings. The molecule has 0 rings (SSSR count). The van der Waals surface area contributed by atoms with Gasteiger partial charge in [0.15, 0.2) is 5.41 Å². The van der Waals surface area contributed by atoms with Crippen molar-refractivity contribution < 1.29 is 9.47 Å². The van der Waals surface area contributed by atoms with Crippen molar-refractivity contribution in [1.82, 2.24) is 0 Å². The molecule has 0 bridgehead atoms. The summed E-state index contributed by atoms with van der Waals surface area (Å²) in [6, 6.07) is 0. The minimum atomic E-state index is -0.458. The van der Waals surface area contributed by atoms with Gasteiger partial charge in [-0.15, -0.1) is 0 Å². The van der Waals surface area contributed by atoms with E-state index in [1.54, 1.807) is 14.2 Å². The van der Waals surface area contributed by atoms with Crippen LogP contribution in [0.25, 0.3) is 0 Å². The lowest BCUT2D eigenvalue weighted by atomic mass is 10.6. The molecule has 0 aromatic carbocycles. The van der Waals surface area contributed by atoms with Crippen LogP contribution in [0, 0.1) is 0 Å². The maximum absolute atomic E-state index is 5.31. The predicted molar refractivity (Wildman–Crippen MR) is 35.7 cm³/mol. The minimum absolute atomic E-state index is 0.437. The van der Waals surface area contributed by atoms with Crippen LogP contribution < -0.4 is 5.73 Å². The SMILES string of the molecule is COC([SiH3])(CN)OC. The number of rotatable bonds is 3. The van der Waals surface area contributed by atoms with Gasteiger partial charge in [-0.3, -0.25) is 0 Å². The van der Waals surface area contributed by atoms with Crippen molar-refractivity contribution in [3.05, 3.63) is 0 Å². The Hall–Kier alpha value is 0.0969. The van der Waals surface area contributed by atoms with Gasteiger partial charge in [-0.25, -0.2) is 0 Å². The van der Waals surface area contributed by atoms with Crippen LogP contribution in [0.4, 0.5) is 0 Å². The van der Waals surface area contributed by atoms with E-state index in [2.05, 4.69) is 0 Å². The number of nitrogens with two attached hydrogens (primary N) is 1. The third-order valence-electron chi connectivity index (χ3n) is 1.23. The second-order valence-corrected chi connectivity index (χ2v) is 3.27. The summed E-state index contributed by atoms with van der Waals surface area (Å²) >= 11 is 0. The average molecular weight is 135 g/mol. The quantitative estimate of drug-likeness (QED) is 0.369. The molecule has 2 N–H and O–H groups in total. The first-order valence-electron chi connectivity index (χ1n) is 2.49. The van der Waals surface area contributed by atoms with Crippen LogP contribution >= 0.6 is 0 Å². The summed E-state index contributed by atoms with van der Waals surface area (Å²) in [5.41, 5.74) is 4.85. The molecule has 4 heteroatoms. The number of methoxy groups -OCH3 is 2. The second kappa shape index (κ2) is 3.19. The molecule has 0 amide bonds. The zero-order valence-corrected chi connectivity index (χ0v) is 7.60. The normalized spacial score (nSPS) is 12.4. The highest BCUT2D eigenvalue weighted by atomic mass is 28.1. The zero-order valence-electron chi connectivity index (χ0n) is 5.60. The van der Waals surface area contributed by atoms with E-state index in [9.17, 15) is 0 Å². The van der Waals surface area contributed by atoms with E-state index in [-0.39, 0.29) is 0 Å². The van der Waals surface area contributed by atoms with Crippen LogP contribution in [0.15, 0.2) is 0 Å². The van der Waals surface area contributed by atoms with Gasteiger partial charge in [-0.1, -0.05) is 0 Å². The van der Waals surface area contributed by atoms with Gasteiger partial charge in [0.2, 0.25) is 0 Å². The summed E-state index contributed by atoms with van der Waals surface area (Å²) in [6.07, 6.45) is 0. The van der Waals surface area contributed by atoms with E-state index in [0.29, 0.717) is 6.54 Å². The highest BCUT2D eigenvalue weighted by Gasteiger charge is 2.18. The Morgan fingerprint density at radius 3 is 1.88 bits per heavy atom. The minimum Gasteiger partial charge on any atom is -0.357 e. The van der Waals surface area contributed by atoms with E-state index < -0.39 is 5.41 Å². The van der Waals surface area contributed by atoms with Gasteiger partial charge in [-0.2, -0.15) is 0 Å². The van der Waals surface area contributed by atoms with Crippen molar-refractivity contribution in [2.24, 2.45) is 5.73 Å². The molecule has 0 heterocycles. The fourth-order valence-electron chi connectivity index (χ4n) is 0.250. The highest BCUT2D eigenvalue weighted by molar-refractivity contribution is 6.13. The van der Waals surface area contributed by atoms with Crippen LogP contribution in [0.5, 0.6) is 0 Å². The van der Waals surface area contributed by atoms with Crippen molar-refractivity contribution in [1.29, 1.82) is 0 Å². The molecule has 0 spiro atoms. The molecule has 0 saturated carbocycles. The lowest BCUT2D eigenvalue weighted by molar-refractivity contribution is -0.133. The van der Waals surface area contributed by atoms with Gasteiger partial charge in [0, 0.05) is 20.8 Å². The fraction of sp³-hybridized carbons (Fsp3) is 1.00. The Morgan fingerprint density at radius 2 is 1.88 bits per heavy atom. The summed E-state index contributed by atoms with van der Waals surface area (Å²) in [4.78, 5) is 0. The second-order valence-electron chi connectivity index (χ2n) is 1.75. The van der Waals surface area contributed by atoms with Gasteiger partial charge < -0.3 is 15.2 Å². The molecule has 0 aliphatic rings. The largest absolute Gasteiger partial charge is 0.357 e. The summed E-state index contributed by atoms with van der Waals surface area (Å²) in [5.74, 6) is 0. The molecule has 0 unspecified atom stereocenters. The first kappa shape index (κ1) is 8.10. The molecule has 0 aliphatic heterocycles. The van der Waals surface area contributed by atoms with Gasteiger partial charge in [0.05, 0.1) is 10.2 Å². The summed E-state index contributed by atoms with van der Waals surface area (Å²) in [6.45, 7) is 0.437. The smallest absolute Gasteiger partial charge is 0.152 e. The first-order valence-corrected chi connectivity index (χ1v) is 3.49. The van der Waals surface area contributed by atoms with Crippen LogP contribution in [0.3, 0.4) is 0 Å². The third-order valence-corrected chi connectivity index (χ3v) is 2.46. The Kier molecular flexibility index (Phi) is 3.23. The molecule has 8 heavy (non-hydrogen) atoms. The topological polar surface area (TPSA) is 44.5 Å². The van der Waals surface area contributed by atoms with Crippen LogP contribution in [-0.4, -0.2) is 36.4 Å². The fourth-order valence-corrected chi connectivity index (χ4v) is 0.250. The van der Waals surface area contributed by atoms with Crippen molar-refractivity contribution in [2.75, 3.05) is 20.8 Å². The molecule has 0 aliphatic carbocycles. The van der Waals surface area contributed by atoms with E-state index in [0.717, 1.165) is 10.2 Å². The molecule has 0 atom stereocenters. The average Bonchev–Trinajstić information content (AvgIpc) is 1.87. The number of hydrogen-bond donors (Lipinski definition) is 1. The molecule has 3 nitrogen and oxygen atoms in total. The van der Waals surface area contributed by atoms with Crippen LogP contribution in [0.2, 0.25) is 0 Å². The van der Waals surface area contributed by atoms with Gasteiger partial charge >= 0.3 is 0 Å². The molecule has 0 radical (unpaired) electrons. The summed E-state index contributed by atoms with van der Waals surface area (Å²) in [7, 11) is 4.00. The molecular formula is C4H13NO2Si. The van der Waals surface area contributed by atoms with Crippen LogP contribution in [-0.2, 0) is 9.47 Å². The van der Waals surface area contributed by atoms with Gasteiger partial charge in [0.1, 0.15) is 0 Å². The lowest BCUT2D eigenvalue weighted by Crippen LogP contribution is -2.42. The van der Waals surface area contributed by atoms with E-state index in [1.165, 1.54) is 0 Å². The number of ether oxygens (including phenoxy) is 2. The molecular weight excluding hydrogens is 122 g/mol. The van der Waals surface area contributed by atoms with E-state index >= 15 is 0 Å². The molecule has 0 saturated heterocycles. The van der Waals surface area contributed by atoms with Crippen molar-refractivity contribution >= 4 is 10.2 Å².